The molecule has 0 atom stereocenters. The Balaban J connectivity index is 1.85. The van der Waals surface area contributed by atoms with Crippen LogP contribution in [0.25, 0.3) is 6.08 Å². The van der Waals surface area contributed by atoms with Crippen molar-refractivity contribution in [3.05, 3.63) is 28.5 Å². The summed E-state index contributed by atoms with van der Waals surface area (Å²) in [6.07, 6.45) is 5.73. The molecule has 2 rings (SSSR count). The van der Waals surface area contributed by atoms with Crippen LogP contribution in [-0.4, -0.2) is 11.9 Å². The summed E-state index contributed by atoms with van der Waals surface area (Å²) in [5.41, 5.74) is 0. The van der Waals surface area contributed by atoms with Crippen molar-refractivity contribution in [1.29, 1.82) is 0 Å². The van der Waals surface area contributed by atoms with E-state index in [0.29, 0.717) is 6.04 Å². The summed E-state index contributed by atoms with van der Waals surface area (Å²) >= 11 is 1.63. The van der Waals surface area contributed by atoms with Crippen LogP contribution in [-0.2, 0) is 4.79 Å². The van der Waals surface area contributed by atoms with Gasteiger partial charge in [0.05, 0.1) is 0 Å². The fraction of sp³-hybridized carbons (Fsp3) is 0.300. The van der Waals surface area contributed by atoms with E-state index in [2.05, 4.69) is 5.32 Å². The first kappa shape index (κ1) is 8.51. The first-order valence-corrected chi connectivity index (χ1v) is 5.24. The average molecular weight is 193 g/mol. The molecule has 1 aromatic rings. The first-order valence-electron chi connectivity index (χ1n) is 4.37. The van der Waals surface area contributed by atoms with Gasteiger partial charge in [0.15, 0.2) is 0 Å². The van der Waals surface area contributed by atoms with E-state index in [1.165, 1.54) is 0 Å². The molecule has 0 bridgehead atoms. The Bertz CT molecular complexity index is 312. The van der Waals surface area contributed by atoms with Crippen molar-refractivity contribution in [2.45, 2.75) is 18.9 Å². The summed E-state index contributed by atoms with van der Waals surface area (Å²) in [4.78, 5) is 12.3. The second-order valence-electron chi connectivity index (χ2n) is 3.13. The van der Waals surface area contributed by atoms with E-state index in [-0.39, 0.29) is 5.91 Å². The highest BCUT2D eigenvalue weighted by Crippen LogP contribution is 2.18. The molecule has 1 aliphatic rings. The molecule has 0 unspecified atom stereocenters. The third-order valence-electron chi connectivity index (χ3n) is 1.87. The van der Waals surface area contributed by atoms with E-state index < -0.39 is 0 Å². The fourth-order valence-corrected chi connectivity index (χ4v) is 1.64. The Morgan fingerprint density at radius 2 is 2.46 bits per heavy atom. The second-order valence-corrected chi connectivity index (χ2v) is 4.11. The zero-order chi connectivity index (χ0) is 9.10. The Morgan fingerprint density at radius 1 is 1.62 bits per heavy atom. The summed E-state index contributed by atoms with van der Waals surface area (Å²) in [5.74, 6) is 0.0240. The smallest absolute Gasteiger partial charge is 0.244 e. The van der Waals surface area contributed by atoms with Gasteiger partial charge in [-0.05, 0) is 30.4 Å². The monoisotopic (exact) mass is 193 g/mol. The van der Waals surface area contributed by atoms with Crippen LogP contribution in [0.15, 0.2) is 23.6 Å². The van der Waals surface area contributed by atoms with E-state index in [1.807, 2.05) is 23.6 Å². The number of hydrogen-bond donors (Lipinski definition) is 1. The molecule has 68 valence electrons. The molecule has 0 aliphatic heterocycles. The zero-order valence-electron chi connectivity index (χ0n) is 7.19. The summed E-state index contributed by atoms with van der Waals surface area (Å²) < 4.78 is 0. The number of carbonyl (C=O) groups excluding carboxylic acids is 1. The van der Waals surface area contributed by atoms with Gasteiger partial charge < -0.3 is 5.32 Å². The maximum atomic E-state index is 11.2. The topological polar surface area (TPSA) is 29.1 Å². The van der Waals surface area contributed by atoms with Crippen LogP contribution in [0.4, 0.5) is 0 Å². The molecule has 1 saturated carbocycles. The lowest BCUT2D eigenvalue weighted by atomic mass is 10.4. The molecule has 3 heteroatoms. The Morgan fingerprint density at radius 3 is 3.08 bits per heavy atom. The van der Waals surface area contributed by atoms with Gasteiger partial charge in [-0.2, -0.15) is 0 Å². The molecular weight excluding hydrogens is 182 g/mol. The minimum absolute atomic E-state index is 0.0240. The maximum absolute atomic E-state index is 11.2. The molecule has 1 aromatic heterocycles. The summed E-state index contributed by atoms with van der Waals surface area (Å²) in [7, 11) is 0. The van der Waals surface area contributed by atoms with Crippen molar-refractivity contribution in [2.75, 3.05) is 0 Å². The predicted octanol–water partition coefficient (Wildman–Crippen LogP) is 2.04. The fourth-order valence-electron chi connectivity index (χ4n) is 1.02. The van der Waals surface area contributed by atoms with E-state index in [9.17, 15) is 4.79 Å². The Hall–Kier alpha value is -1.09. The van der Waals surface area contributed by atoms with E-state index in [4.69, 9.17) is 0 Å². The number of nitrogens with one attached hydrogen (secondary N) is 1. The lowest BCUT2D eigenvalue weighted by molar-refractivity contribution is -0.116. The Kier molecular flexibility index (Phi) is 2.45. The van der Waals surface area contributed by atoms with Gasteiger partial charge in [-0.1, -0.05) is 6.07 Å². The third-order valence-corrected chi connectivity index (χ3v) is 2.70. The molecule has 1 fully saturated rings. The van der Waals surface area contributed by atoms with Crippen molar-refractivity contribution < 1.29 is 4.79 Å². The van der Waals surface area contributed by atoms with Crippen molar-refractivity contribution in [3.8, 4) is 0 Å². The van der Waals surface area contributed by atoms with Gasteiger partial charge in [-0.25, -0.2) is 0 Å². The molecule has 1 amide bonds. The van der Waals surface area contributed by atoms with Crippen LogP contribution < -0.4 is 5.32 Å². The first-order chi connectivity index (χ1) is 6.34. The number of hydrogen-bond acceptors (Lipinski definition) is 2. The molecule has 1 N–H and O–H groups in total. The minimum atomic E-state index is 0.0240. The van der Waals surface area contributed by atoms with Crippen LogP contribution >= 0.6 is 11.3 Å². The normalized spacial score (nSPS) is 16.3. The van der Waals surface area contributed by atoms with Crippen molar-refractivity contribution in [3.63, 3.8) is 0 Å². The summed E-state index contributed by atoms with van der Waals surface area (Å²) in [5, 5.41) is 4.89. The van der Waals surface area contributed by atoms with Crippen LogP contribution in [0.5, 0.6) is 0 Å². The summed E-state index contributed by atoms with van der Waals surface area (Å²) in [6.45, 7) is 0. The SMILES string of the molecule is O=C(/C=C/c1cccs1)NC1CC1. The molecule has 0 spiro atoms. The van der Waals surface area contributed by atoms with Gasteiger partial charge in [0.25, 0.3) is 0 Å². The van der Waals surface area contributed by atoms with E-state index in [0.717, 1.165) is 17.7 Å². The molecule has 13 heavy (non-hydrogen) atoms. The van der Waals surface area contributed by atoms with Gasteiger partial charge in [-0.15, -0.1) is 11.3 Å². The molecule has 2 nitrogen and oxygen atoms in total. The zero-order valence-corrected chi connectivity index (χ0v) is 8.01. The molecule has 1 aliphatic carbocycles. The number of rotatable bonds is 3. The predicted molar refractivity (Wildman–Crippen MR) is 54.5 cm³/mol. The molecule has 0 radical (unpaired) electrons. The van der Waals surface area contributed by atoms with Crippen LogP contribution in [0.1, 0.15) is 17.7 Å². The van der Waals surface area contributed by atoms with Gasteiger partial charge in [0.1, 0.15) is 0 Å². The van der Waals surface area contributed by atoms with Crippen molar-refractivity contribution >= 4 is 23.3 Å². The van der Waals surface area contributed by atoms with Crippen molar-refractivity contribution in [1.82, 2.24) is 5.32 Å². The molecule has 0 aromatic carbocycles. The lowest BCUT2D eigenvalue weighted by Gasteiger charge is -1.95. The second kappa shape index (κ2) is 3.75. The molecular formula is C10H11NOS. The summed E-state index contributed by atoms with van der Waals surface area (Å²) in [6, 6.07) is 4.41. The van der Waals surface area contributed by atoms with Gasteiger partial charge >= 0.3 is 0 Å². The highest BCUT2D eigenvalue weighted by Gasteiger charge is 2.21. The van der Waals surface area contributed by atoms with Gasteiger partial charge in [0, 0.05) is 17.0 Å². The molecule has 0 saturated heterocycles. The van der Waals surface area contributed by atoms with Gasteiger partial charge in [-0.3, -0.25) is 4.79 Å². The lowest BCUT2D eigenvalue weighted by Crippen LogP contribution is -2.22. The number of thiophene rings is 1. The highest BCUT2D eigenvalue weighted by atomic mass is 32.1. The van der Waals surface area contributed by atoms with Crippen LogP contribution in [0.3, 0.4) is 0 Å². The Labute approximate surface area is 81.3 Å². The average Bonchev–Trinajstić information content (AvgIpc) is 2.78. The maximum Gasteiger partial charge on any atom is 0.244 e. The minimum Gasteiger partial charge on any atom is -0.350 e. The van der Waals surface area contributed by atoms with Crippen molar-refractivity contribution in [2.24, 2.45) is 0 Å². The number of amides is 1. The standard InChI is InChI=1S/C10H11NOS/c12-10(11-8-3-4-8)6-5-9-2-1-7-13-9/h1-2,5-8H,3-4H2,(H,11,12)/b6-5+. The third kappa shape index (κ3) is 2.70. The van der Waals surface area contributed by atoms with E-state index >= 15 is 0 Å². The molecule has 1 heterocycles. The largest absolute Gasteiger partial charge is 0.350 e. The van der Waals surface area contributed by atoms with Gasteiger partial charge in [0.2, 0.25) is 5.91 Å². The quantitative estimate of drug-likeness (QED) is 0.731. The van der Waals surface area contributed by atoms with Crippen LogP contribution in [0, 0.1) is 0 Å². The number of carbonyl (C=O) groups is 1. The highest BCUT2D eigenvalue weighted by molar-refractivity contribution is 7.10. The van der Waals surface area contributed by atoms with E-state index in [1.54, 1.807) is 17.4 Å². The van der Waals surface area contributed by atoms with Crippen LogP contribution in [0.2, 0.25) is 0 Å².